The summed E-state index contributed by atoms with van der Waals surface area (Å²) < 4.78 is 0. The molecule has 24 heavy (non-hydrogen) atoms. The van der Waals surface area contributed by atoms with Crippen molar-refractivity contribution in [2.24, 2.45) is 5.92 Å². The quantitative estimate of drug-likeness (QED) is 0.770. The maximum Gasteiger partial charge on any atom is 0.307 e. The first kappa shape index (κ1) is 18.3. The van der Waals surface area contributed by atoms with Crippen LogP contribution in [0.5, 0.6) is 0 Å². The highest BCUT2D eigenvalue weighted by atomic mass is 35.5. The summed E-state index contributed by atoms with van der Waals surface area (Å²) in [5.74, 6) is -2.50. The Morgan fingerprint density at radius 3 is 2.33 bits per heavy atom. The smallest absolute Gasteiger partial charge is 0.307 e. The van der Waals surface area contributed by atoms with E-state index in [1.165, 1.54) is 6.07 Å². The fraction of sp³-hybridized carbons (Fsp3) is 0.222. The van der Waals surface area contributed by atoms with Gasteiger partial charge in [0.15, 0.2) is 0 Å². The summed E-state index contributed by atoms with van der Waals surface area (Å²) in [6.45, 7) is 1.81. The van der Waals surface area contributed by atoms with E-state index in [0.717, 1.165) is 5.56 Å². The maximum absolute atomic E-state index is 12.2. The van der Waals surface area contributed by atoms with Crippen LogP contribution in [0.1, 0.15) is 24.8 Å². The summed E-state index contributed by atoms with van der Waals surface area (Å²) in [6, 6.07) is 14.0. The molecule has 2 N–H and O–H groups in total. The highest BCUT2D eigenvalue weighted by Gasteiger charge is 2.28. The molecule has 0 heterocycles. The van der Waals surface area contributed by atoms with Crippen LogP contribution in [0.4, 0.5) is 5.69 Å². The van der Waals surface area contributed by atoms with Crippen molar-refractivity contribution in [3.8, 4) is 0 Å². The molecule has 0 unspecified atom stereocenters. The second-order valence-corrected chi connectivity index (χ2v) is 6.34. The summed E-state index contributed by atoms with van der Waals surface area (Å²) in [4.78, 5) is 23.8. The van der Waals surface area contributed by atoms with Gasteiger partial charge in [0, 0.05) is 12.1 Å². The molecule has 0 aliphatic heterocycles. The Morgan fingerprint density at radius 1 is 1.08 bits per heavy atom. The zero-order chi connectivity index (χ0) is 17.7. The molecule has 4 nitrogen and oxygen atoms in total. The SMILES string of the molecule is C[C@@H](c1ccccc1)[C@@H](CC(=O)Nc1ccc(Cl)c(Cl)c1)C(=O)O. The van der Waals surface area contributed by atoms with Crippen molar-refractivity contribution >= 4 is 40.8 Å². The molecule has 126 valence electrons. The number of aliphatic carboxylic acids is 1. The number of carboxylic acid groups (broad SMARTS) is 1. The Kier molecular flexibility index (Phi) is 6.23. The highest BCUT2D eigenvalue weighted by Crippen LogP contribution is 2.28. The summed E-state index contributed by atoms with van der Waals surface area (Å²) in [5, 5.41) is 12.8. The lowest BCUT2D eigenvalue weighted by Gasteiger charge is -2.20. The number of hydrogen-bond acceptors (Lipinski definition) is 2. The Labute approximate surface area is 150 Å². The molecule has 6 heteroatoms. The second kappa shape index (κ2) is 8.18. The van der Waals surface area contributed by atoms with Crippen LogP contribution in [0.15, 0.2) is 48.5 Å². The molecule has 2 aromatic carbocycles. The molecule has 0 aliphatic carbocycles. The highest BCUT2D eigenvalue weighted by molar-refractivity contribution is 6.42. The van der Waals surface area contributed by atoms with Crippen LogP contribution in [-0.4, -0.2) is 17.0 Å². The molecule has 0 saturated heterocycles. The van der Waals surface area contributed by atoms with E-state index in [9.17, 15) is 14.7 Å². The van der Waals surface area contributed by atoms with Gasteiger partial charge in [0.2, 0.25) is 5.91 Å². The van der Waals surface area contributed by atoms with Gasteiger partial charge in [-0.25, -0.2) is 0 Å². The zero-order valence-corrected chi connectivity index (χ0v) is 14.5. The summed E-state index contributed by atoms with van der Waals surface area (Å²) in [5.41, 5.74) is 1.36. The molecule has 0 saturated carbocycles. The molecule has 2 rings (SSSR count). The van der Waals surface area contributed by atoms with Crippen LogP contribution in [0.25, 0.3) is 0 Å². The Bertz CT molecular complexity index is 734. The van der Waals surface area contributed by atoms with Crippen molar-refractivity contribution in [1.82, 2.24) is 0 Å². The standard InChI is InChI=1S/C18H17Cl2NO3/c1-11(12-5-3-2-4-6-12)14(18(23)24)10-17(22)21-13-7-8-15(19)16(20)9-13/h2-9,11,14H,10H2,1H3,(H,21,22)(H,23,24)/t11-,14+/m0/s1. The van der Waals surface area contributed by atoms with E-state index < -0.39 is 11.9 Å². The van der Waals surface area contributed by atoms with Crippen molar-refractivity contribution < 1.29 is 14.7 Å². The van der Waals surface area contributed by atoms with Crippen LogP contribution in [0.2, 0.25) is 10.0 Å². The summed E-state index contributed by atoms with van der Waals surface area (Å²) in [6.07, 6.45) is -0.133. The van der Waals surface area contributed by atoms with E-state index in [0.29, 0.717) is 15.7 Å². The Hall–Kier alpha value is -2.04. The van der Waals surface area contributed by atoms with Crippen LogP contribution < -0.4 is 5.32 Å². The predicted molar refractivity (Wildman–Crippen MR) is 95.7 cm³/mol. The molecular weight excluding hydrogens is 349 g/mol. The fourth-order valence-corrected chi connectivity index (χ4v) is 2.75. The van der Waals surface area contributed by atoms with E-state index in [-0.39, 0.29) is 18.2 Å². The van der Waals surface area contributed by atoms with Gasteiger partial charge in [-0.3, -0.25) is 9.59 Å². The van der Waals surface area contributed by atoms with Gasteiger partial charge in [-0.05, 0) is 29.7 Å². The number of carbonyl (C=O) groups excluding carboxylic acids is 1. The van der Waals surface area contributed by atoms with Gasteiger partial charge in [0.1, 0.15) is 0 Å². The number of amides is 1. The molecule has 2 aromatic rings. The number of carboxylic acids is 1. The zero-order valence-electron chi connectivity index (χ0n) is 13.0. The number of hydrogen-bond donors (Lipinski definition) is 2. The van der Waals surface area contributed by atoms with Crippen LogP contribution in [0, 0.1) is 5.92 Å². The number of halogens is 2. The van der Waals surface area contributed by atoms with Gasteiger partial charge >= 0.3 is 5.97 Å². The molecular formula is C18H17Cl2NO3. The molecule has 0 bridgehead atoms. The lowest BCUT2D eigenvalue weighted by molar-refractivity contribution is -0.144. The first-order valence-corrected chi connectivity index (χ1v) is 8.16. The van der Waals surface area contributed by atoms with E-state index >= 15 is 0 Å². The van der Waals surface area contributed by atoms with Gasteiger partial charge in [0.25, 0.3) is 0 Å². The molecule has 0 spiro atoms. The van der Waals surface area contributed by atoms with Gasteiger partial charge in [-0.2, -0.15) is 0 Å². The number of anilines is 1. The van der Waals surface area contributed by atoms with Crippen molar-refractivity contribution in [2.45, 2.75) is 19.3 Å². The van der Waals surface area contributed by atoms with Crippen molar-refractivity contribution in [2.75, 3.05) is 5.32 Å². The van der Waals surface area contributed by atoms with E-state index in [1.807, 2.05) is 30.3 Å². The third-order valence-corrected chi connectivity index (χ3v) is 4.59. The molecule has 1 amide bonds. The predicted octanol–water partition coefficient (Wildman–Crippen LogP) is 4.83. The first-order chi connectivity index (χ1) is 11.4. The molecule has 0 radical (unpaired) electrons. The van der Waals surface area contributed by atoms with Gasteiger partial charge in [-0.1, -0.05) is 60.5 Å². The van der Waals surface area contributed by atoms with Gasteiger partial charge in [0.05, 0.1) is 16.0 Å². The summed E-state index contributed by atoms with van der Waals surface area (Å²) >= 11 is 11.7. The van der Waals surface area contributed by atoms with E-state index in [4.69, 9.17) is 23.2 Å². The third-order valence-electron chi connectivity index (χ3n) is 3.85. The maximum atomic E-state index is 12.2. The number of nitrogens with one attached hydrogen (secondary N) is 1. The minimum Gasteiger partial charge on any atom is -0.481 e. The fourth-order valence-electron chi connectivity index (χ4n) is 2.45. The number of carbonyl (C=O) groups is 2. The monoisotopic (exact) mass is 365 g/mol. The van der Waals surface area contributed by atoms with Crippen LogP contribution in [-0.2, 0) is 9.59 Å². The lowest BCUT2D eigenvalue weighted by Crippen LogP contribution is -2.26. The first-order valence-electron chi connectivity index (χ1n) is 7.41. The van der Waals surface area contributed by atoms with Gasteiger partial charge in [-0.15, -0.1) is 0 Å². The third kappa shape index (κ3) is 4.73. The molecule has 0 aromatic heterocycles. The normalized spacial score (nSPS) is 13.1. The average molecular weight is 366 g/mol. The largest absolute Gasteiger partial charge is 0.481 e. The number of rotatable bonds is 6. The van der Waals surface area contributed by atoms with E-state index in [2.05, 4.69) is 5.32 Å². The van der Waals surface area contributed by atoms with E-state index in [1.54, 1.807) is 19.1 Å². The Morgan fingerprint density at radius 2 is 1.75 bits per heavy atom. The summed E-state index contributed by atoms with van der Waals surface area (Å²) in [7, 11) is 0. The molecule has 2 atom stereocenters. The van der Waals surface area contributed by atoms with Gasteiger partial charge < -0.3 is 10.4 Å². The van der Waals surface area contributed by atoms with Crippen molar-refractivity contribution in [3.63, 3.8) is 0 Å². The second-order valence-electron chi connectivity index (χ2n) is 5.53. The minimum absolute atomic E-state index is 0.133. The van der Waals surface area contributed by atoms with Crippen molar-refractivity contribution in [3.05, 3.63) is 64.1 Å². The Balaban J connectivity index is 2.08. The number of benzene rings is 2. The average Bonchev–Trinajstić information content (AvgIpc) is 2.56. The molecule has 0 fully saturated rings. The minimum atomic E-state index is -1.00. The lowest BCUT2D eigenvalue weighted by atomic mass is 9.85. The van der Waals surface area contributed by atoms with Crippen molar-refractivity contribution in [1.29, 1.82) is 0 Å². The van der Waals surface area contributed by atoms with Crippen LogP contribution in [0.3, 0.4) is 0 Å². The van der Waals surface area contributed by atoms with Crippen LogP contribution >= 0.6 is 23.2 Å². The topological polar surface area (TPSA) is 66.4 Å². The molecule has 0 aliphatic rings.